The van der Waals surface area contributed by atoms with Crippen molar-refractivity contribution in [1.29, 1.82) is 0 Å². The van der Waals surface area contributed by atoms with Crippen molar-refractivity contribution in [2.24, 2.45) is 5.10 Å². The van der Waals surface area contributed by atoms with Crippen LogP contribution >= 0.6 is 0 Å². The zero-order valence-electron chi connectivity index (χ0n) is 9.33. The van der Waals surface area contributed by atoms with Gasteiger partial charge in [0.15, 0.2) is 5.71 Å². The fourth-order valence-corrected chi connectivity index (χ4v) is 2.02. The molecule has 0 saturated carbocycles. The molecule has 0 aliphatic carbocycles. The summed E-state index contributed by atoms with van der Waals surface area (Å²) in [5, 5.41) is 15.1. The number of rotatable bonds is 3. The lowest BCUT2D eigenvalue weighted by Gasteiger charge is -2.15. The van der Waals surface area contributed by atoms with Crippen LogP contribution < -0.4 is 0 Å². The molecule has 2 atom stereocenters. The maximum Gasteiger partial charge on any atom is 0.333 e. The summed E-state index contributed by atoms with van der Waals surface area (Å²) in [5.74, 6) is 0. The minimum Gasteiger partial charge on any atom is -0.319 e. The summed E-state index contributed by atoms with van der Waals surface area (Å²) in [5.41, 5.74) is 0.610. The summed E-state index contributed by atoms with van der Waals surface area (Å²) in [4.78, 5) is 10.5. The van der Waals surface area contributed by atoms with Crippen LogP contribution in [0.1, 0.15) is 32.6 Å². The predicted molar refractivity (Wildman–Crippen MR) is 58.4 cm³/mol. The fraction of sp³-hybridized carbons (Fsp3) is 0.800. The maximum absolute atomic E-state index is 10.8. The van der Waals surface area contributed by atoms with Gasteiger partial charge in [0.25, 0.3) is 12.4 Å². The molecule has 2 rings (SSSR count). The van der Waals surface area contributed by atoms with E-state index in [9.17, 15) is 10.1 Å². The van der Waals surface area contributed by atoms with Gasteiger partial charge in [-0.1, -0.05) is 11.6 Å². The Labute approximate surface area is 93.7 Å². The first-order chi connectivity index (χ1) is 7.72. The second-order valence-corrected chi connectivity index (χ2v) is 4.03. The summed E-state index contributed by atoms with van der Waals surface area (Å²) >= 11 is 0. The molecular formula is C10H16N3O3+. The highest BCUT2D eigenvalue weighted by Gasteiger charge is 2.40. The summed E-state index contributed by atoms with van der Waals surface area (Å²) in [6.07, 6.45) is 5.10. The van der Waals surface area contributed by atoms with Crippen LogP contribution in [0.3, 0.4) is 0 Å². The number of hydrogen-bond acceptors (Lipinski definition) is 4. The number of hydrazone groups is 1. The van der Waals surface area contributed by atoms with Crippen molar-refractivity contribution in [3.05, 3.63) is 10.1 Å². The van der Waals surface area contributed by atoms with Crippen LogP contribution in [0.25, 0.3) is 0 Å². The molecule has 2 unspecified atom stereocenters. The van der Waals surface area contributed by atoms with Gasteiger partial charge in [0.2, 0.25) is 0 Å². The first kappa shape index (κ1) is 11.2. The third kappa shape index (κ3) is 2.11. The normalized spacial score (nSPS) is 29.8. The number of hydrogen-bond donors (Lipinski definition) is 0. The highest BCUT2D eigenvalue weighted by atomic mass is 16.6. The molecular weight excluding hydrogens is 210 g/mol. The van der Waals surface area contributed by atoms with E-state index in [0.717, 1.165) is 25.9 Å². The lowest BCUT2D eigenvalue weighted by atomic mass is 10.1. The third-order valence-electron chi connectivity index (χ3n) is 2.92. The molecule has 16 heavy (non-hydrogen) atoms. The zero-order valence-corrected chi connectivity index (χ0v) is 9.33. The highest BCUT2D eigenvalue weighted by Crippen LogP contribution is 2.16. The molecule has 0 radical (unpaired) electrons. The Morgan fingerprint density at radius 1 is 1.69 bits per heavy atom. The molecule has 88 valence electrons. The minimum atomic E-state index is -0.768. The second-order valence-electron chi connectivity index (χ2n) is 4.03. The molecule has 6 heteroatoms. The quantitative estimate of drug-likeness (QED) is 0.410. The average Bonchev–Trinajstić information content (AvgIpc) is 2.74. The third-order valence-corrected chi connectivity index (χ3v) is 2.92. The first-order valence-electron chi connectivity index (χ1n) is 5.68. The van der Waals surface area contributed by atoms with Crippen molar-refractivity contribution in [2.75, 3.05) is 6.61 Å². The van der Waals surface area contributed by atoms with Crippen LogP contribution in [0.15, 0.2) is 5.10 Å². The summed E-state index contributed by atoms with van der Waals surface area (Å²) in [6.45, 7) is 2.60. The van der Waals surface area contributed by atoms with Crippen LogP contribution in [-0.4, -0.2) is 40.4 Å². The molecule has 0 amide bonds. The van der Waals surface area contributed by atoms with Gasteiger partial charge in [-0.05, 0) is 19.3 Å². The SMILES string of the molecule is CCC1=N[N+](C2CCCCO2)=CC1[N+](=O)[O-]. The molecule has 1 saturated heterocycles. The first-order valence-corrected chi connectivity index (χ1v) is 5.68. The van der Waals surface area contributed by atoms with Crippen LogP contribution in [0.2, 0.25) is 0 Å². The van der Waals surface area contributed by atoms with Gasteiger partial charge in [0, 0.05) is 16.4 Å². The Balaban J connectivity index is 2.13. The van der Waals surface area contributed by atoms with Gasteiger partial charge in [0.05, 0.1) is 6.61 Å². The van der Waals surface area contributed by atoms with E-state index in [-0.39, 0.29) is 11.2 Å². The topological polar surface area (TPSA) is 67.7 Å². The van der Waals surface area contributed by atoms with Crippen molar-refractivity contribution >= 4 is 11.9 Å². The van der Waals surface area contributed by atoms with Crippen molar-refractivity contribution in [3.8, 4) is 0 Å². The van der Waals surface area contributed by atoms with Crippen LogP contribution in [0, 0.1) is 10.1 Å². The molecule has 2 aliphatic rings. The van der Waals surface area contributed by atoms with E-state index >= 15 is 0 Å². The largest absolute Gasteiger partial charge is 0.333 e. The van der Waals surface area contributed by atoms with E-state index in [1.54, 1.807) is 10.9 Å². The number of nitro groups is 1. The predicted octanol–water partition coefficient (Wildman–Crippen LogP) is 1.02. The Morgan fingerprint density at radius 2 is 2.50 bits per heavy atom. The molecule has 1 fully saturated rings. The Morgan fingerprint density at radius 3 is 3.00 bits per heavy atom. The Hall–Kier alpha value is -1.30. The zero-order chi connectivity index (χ0) is 11.5. The number of ether oxygens (including phenoxy) is 1. The van der Waals surface area contributed by atoms with Gasteiger partial charge in [-0.15, -0.1) is 0 Å². The van der Waals surface area contributed by atoms with Crippen molar-refractivity contribution in [2.45, 2.75) is 44.9 Å². The Kier molecular flexibility index (Phi) is 3.28. The molecule has 0 spiro atoms. The lowest BCUT2D eigenvalue weighted by Crippen LogP contribution is -2.31. The average molecular weight is 226 g/mol. The molecule has 0 N–H and O–H groups in total. The summed E-state index contributed by atoms with van der Waals surface area (Å²) < 4.78 is 7.18. The van der Waals surface area contributed by atoms with Crippen LogP contribution in [0.5, 0.6) is 0 Å². The second kappa shape index (κ2) is 4.69. The monoisotopic (exact) mass is 226 g/mol. The van der Waals surface area contributed by atoms with Gasteiger partial charge in [-0.2, -0.15) is 0 Å². The summed E-state index contributed by atoms with van der Waals surface area (Å²) in [7, 11) is 0. The van der Waals surface area contributed by atoms with Gasteiger partial charge in [-0.25, -0.2) is 0 Å². The maximum atomic E-state index is 10.8. The molecule has 2 aliphatic heterocycles. The standard InChI is InChI=1S/C10H16N3O3/c1-2-8-9(13(14)15)7-12(11-8)10-5-3-4-6-16-10/h7,9-10H,2-6H2,1H3/q+1. The van der Waals surface area contributed by atoms with E-state index in [1.807, 2.05) is 6.92 Å². The van der Waals surface area contributed by atoms with Crippen molar-refractivity contribution in [3.63, 3.8) is 0 Å². The summed E-state index contributed by atoms with van der Waals surface area (Å²) in [6, 6.07) is -0.768. The van der Waals surface area contributed by atoms with E-state index in [4.69, 9.17) is 4.74 Å². The smallest absolute Gasteiger partial charge is 0.319 e. The van der Waals surface area contributed by atoms with E-state index in [2.05, 4.69) is 5.10 Å². The van der Waals surface area contributed by atoms with Crippen molar-refractivity contribution in [1.82, 2.24) is 0 Å². The molecule has 2 heterocycles. The van der Waals surface area contributed by atoms with Gasteiger partial charge < -0.3 is 4.74 Å². The van der Waals surface area contributed by atoms with Crippen LogP contribution in [0.4, 0.5) is 0 Å². The van der Waals surface area contributed by atoms with Crippen LogP contribution in [-0.2, 0) is 4.74 Å². The highest BCUT2D eigenvalue weighted by molar-refractivity contribution is 6.01. The minimum absolute atomic E-state index is 0.111. The molecule has 0 aromatic rings. The molecule has 0 aromatic carbocycles. The van der Waals surface area contributed by atoms with Crippen molar-refractivity contribution < 1.29 is 14.3 Å². The number of nitrogens with zero attached hydrogens (tertiary/aromatic N) is 3. The fourth-order valence-electron chi connectivity index (χ4n) is 2.02. The van der Waals surface area contributed by atoms with Gasteiger partial charge >= 0.3 is 6.04 Å². The lowest BCUT2D eigenvalue weighted by molar-refractivity contribution is -0.619. The van der Waals surface area contributed by atoms with E-state index in [1.165, 1.54) is 0 Å². The van der Waals surface area contributed by atoms with E-state index < -0.39 is 6.04 Å². The molecule has 6 nitrogen and oxygen atoms in total. The Bertz CT molecular complexity index is 345. The van der Waals surface area contributed by atoms with Gasteiger partial charge in [0.1, 0.15) is 0 Å². The van der Waals surface area contributed by atoms with Gasteiger partial charge in [-0.3, -0.25) is 10.1 Å². The van der Waals surface area contributed by atoms with E-state index in [0.29, 0.717) is 12.1 Å². The molecule has 0 bridgehead atoms. The molecule has 0 aromatic heterocycles.